The van der Waals surface area contributed by atoms with Crippen molar-refractivity contribution in [3.05, 3.63) is 0 Å². The van der Waals surface area contributed by atoms with Crippen LogP contribution in [-0.4, -0.2) is 11.8 Å². The van der Waals surface area contributed by atoms with Crippen molar-refractivity contribution < 1.29 is 5.21 Å². The molecular formula is C21H45NO. The van der Waals surface area contributed by atoms with E-state index in [0.29, 0.717) is 12.0 Å². The summed E-state index contributed by atoms with van der Waals surface area (Å²) < 4.78 is 0. The Balaban J connectivity index is 3.16. The van der Waals surface area contributed by atoms with Crippen LogP contribution >= 0.6 is 0 Å². The lowest BCUT2D eigenvalue weighted by molar-refractivity contribution is 0.145. The highest BCUT2D eigenvalue weighted by molar-refractivity contribution is 4.69. The minimum atomic E-state index is 0.368. The molecule has 0 fully saturated rings. The summed E-state index contributed by atoms with van der Waals surface area (Å²) in [5, 5.41) is 8.67. The molecule has 23 heavy (non-hydrogen) atoms. The molecule has 0 aromatic heterocycles. The van der Waals surface area contributed by atoms with Gasteiger partial charge >= 0.3 is 0 Å². The molecule has 0 rings (SSSR count). The molecule has 0 atom stereocenters. The fourth-order valence-corrected chi connectivity index (χ4v) is 3.32. The van der Waals surface area contributed by atoms with Crippen molar-refractivity contribution in [3.8, 4) is 0 Å². The van der Waals surface area contributed by atoms with E-state index in [9.17, 15) is 0 Å². The van der Waals surface area contributed by atoms with Gasteiger partial charge in [0.25, 0.3) is 0 Å². The Morgan fingerprint density at radius 2 is 1.00 bits per heavy atom. The molecule has 0 aliphatic rings. The Labute approximate surface area is 146 Å². The minimum absolute atomic E-state index is 0.368. The van der Waals surface area contributed by atoms with Gasteiger partial charge in [0.1, 0.15) is 0 Å². The second kappa shape index (κ2) is 16.8. The van der Waals surface area contributed by atoms with Gasteiger partial charge in [-0.3, -0.25) is 0 Å². The Hall–Kier alpha value is -0.0800. The molecule has 0 aliphatic heterocycles. The molecule has 2 N–H and O–H groups in total. The first-order valence-corrected chi connectivity index (χ1v) is 10.5. The van der Waals surface area contributed by atoms with Crippen molar-refractivity contribution in [3.63, 3.8) is 0 Å². The van der Waals surface area contributed by atoms with E-state index in [4.69, 9.17) is 5.21 Å². The lowest BCUT2D eigenvalue weighted by Crippen LogP contribution is -2.19. The molecule has 140 valence electrons. The summed E-state index contributed by atoms with van der Waals surface area (Å²) in [6, 6.07) is 0. The smallest absolute Gasteiger partial charge is 0.0212 e. The van der Waals surface area contributed by atoms with E-state index in [2.05, 4.69) is 26.3 Å². The van der Waals surface area contributed by atoms with Gasteiger partial charge in [0.05, 0.1) is 0 Å². The van der Waals surface area contributed by atoms with Crippen LogP contribution in [0.2, 0.25) is 0 Å². The van der Waals surface area contributed by atoms with E-state index >= 15 is 0 Å². The predicted molar refractivity (Wildman–Crippen MR) is 103 cm³/mol. The highest BCUT2D eigenvalue weighted by Gasteiger charge is 2.16. The molecule has 2 nitrogen and oxygen atoms in total. The molecule has 0 amide bonds. The van der Waals surface area contributed by atoms with E-state index in [-0.39, 0.29) is 0 Å². The monoisotopic (exact) mass is 327 g/mol. The first-order valence-electron chi connectivity index (χ1n) is 10.5. The third-order valence-electron chi connectivity index (χ3n) is 5.12. The normalized spacial score (nSPS) is 12.0. The zero-order valence-electron chi connectivity index (χ0n) is 16.5. The van der Waals surface area contributed by atoms with Gasteiger partial charge in [0, 0.05) is 6.54 Å². The summed E-state index contributed by atoms with van der Waals surface area (Å²) in [7, 11) is 0. The minimum Gasteiger partial charge on any atom is -0.317 e. The van der Waals surface area contributed by atoms with E-state index in [1.807, 2.05) is 0 Å². The van der Waals surface area contributed by atoms with Crippen molar-refractivity contribution in [1.29, 1.82) is 0 Å². The first kappa shape index (κ1) is 22.9. The molecule has 0 saturated carbocycles. The molecule has 0 radical (unpaired) electrons. The fourth-order valence-electron chi connectivity index (χ4n) is 3.32. The molecule has 0 bridgehead atoms. The number of hydrogen-bond donors (Lipinski definition) is 2. The SMILES string of the molecule is CCCCCCCCCCCCCCCCC(C)(C)CCNO. The summed E-state index contributed by atoms with van der Waals surface area (Å²) in [5.74, 6) is 0. The average Bonchev–Trinajstić information content (AvgIpc) is 2.53. The standard InChI is InChI=1S/C21H45NO/c1-4-5-6-7-8-9-10-11-12-13-14-15-16-17-18-21(2,3)19-20-22-23/h22-23H,4-20H2,1-3H3. The van der Waals surface area contributed by atoms with Crippen LogP contribution in [0.15, 0.2) is 0 Å². The zero-order valence-corrected chi connectivity index (χ0v) is 16.5. The highest BCUT2D eigenvalue weighted by Crippen LogP contribution is 2.27. The number of nitrogens with one attached hydrogen (secondary N) is 1. The third-order valence-corrected chi connectivity index (χ3v) is 5.12. The largest absolute Gasteiger partial charge is 0.317 e. The second-order valence-electron chi connectivity index (χ2n) is 8.17. The van der Waals surface area contributed by atoms with Gasteiger partial charge in [-0.1, -0.05) is 111 Å². The van der Waals surface area contributed by atoms with Gasteiger partial charge in [-0.15, -0.1) is 0 Å². The first-order chi connectivity index (χ1) is 11.1. The maximum Gasteiger partial charge on any atom is 0.0212 e. The maximum atomic E-state index is 8.67. The molecular weight excluding hydrogens is 282 g/mol. The molecule has 0 spiro atoms. The summed E-state index contributed by atoms with van der Waals surface area (Å²) in [4.78, 5) is 0. The van der Waals surface area contributed by atoms with Crippen LogP contribution in [0.4, 0.5) is 0 Å². The van der Waals surface area contributed by atoms with Gasteiger partial charge in [-0.05, 0) is 18.3 Å². The summed E-state index contributed by atoms with van der Waals surface area (Å²) >= 11 is 0. The van der Waals surface area contributed by atoms with Gasteiger partial charge in [-0.25, -0.2) is 5.48 Å². The van der Waals surface area contributed by atoms with Gasteiger partial charge in [0.15, 0.2) is 0 Å². The molecule has 0 saturated heterocycles. The topological polar surface area (TPSA) is 32.3 Å². The van der Waals surface area contributed by atoms with Crippen LogP contribution in [0.25, 0.3) is 0 Å². The predicted octanol–water partition coefficient (Wildman–Crippen LogP) is 7.25. The number of hydroxylamine groups is 1. The fraction of sp³-hybridized carbons (Fsp3) is 1.00. The van der Waals surface area contributed by atoms with Crippen molar-refractivity contribution in [2.24, 2.45) is 5.41 Å². The lowest BCUT2D eigenvalue weighted by Gasteiger charge is -2.24. The molecule has 0 aliphatic carbocycles. The van der Waals surface area contributed by atoms with Crippen LogP contribution in [0.3, 0.4) is 0 Å². The number of unbranched alkanes of at least 4 members (excludes halogenated alkanes) is 13. The average molecular weight is 328 g/mol. The number of rotatable bonds is 18. The zero-order chi connectivity index (χ0) is 17.2. The summed E-state index contributed by atoms with van der Waals surface area (Å²) in [6.07, 6.45) is 22.3. The molecule has 0 aromatic carbocycles. The molecule has 0 aromatic rings. The Morgan fingerprint density at radius 1 is 0.609 bits per heavy atom. The van der Waals surface area contributed by atoms with Crippen LogP contribution in [-0.2, 0) is 0 Å². The van der Waals surface area contributed by atoms with E-state index < -0.39 is 0 Å². The van der Waals surface area contributed by atoms with Crippen molar-refractivity contribution in [2.75, 3.05) is 6.54 Å². The lowest BCUT2D eigenvalue weighted by atomic mass is 9.83. The van der Waals surface area contributed by atoms with Crippen molar-refractivity contribution in [1.82, 2.24) is 5.48 Å². The van der Waals surface area contributed by atoms with Crippen LogP contribution in [0.1, 0.15) is 124 Å². The van der Waals surface area contributed by atoms with Crippen LogP contribution < -0.4 is 5.48 Å². The van der Waals surface area contributed by atoms with Gasteiger partial charge < -0.3 is 5.21 Å². The summed E-state index contributed by atoms with van der Waals surface area (Å²) in [6.45, 7) is 7.63. The van der Waals surface area contributed by atoms with Crippen molar-refractivity contribution >= 4 is 0 Å². The van der Waals surface area contributed by atoms with E-state index in [0.717, 1.165) is 6.42 Å². The quantitative estimate of drug-likeness (QED) is 0.205. The Kier molecular flexibility index (Phi) is 16.7. The van der Waals surface area contributed by atoms with Gasteiger partial charge in [0.2, 0.25) is 0 Å². The third kappa shape index (κ3) is 18.1. The maximum absolute atomic E-state index is 8.67. The summed E-state index contributed by atoms with van der Waals surface area (Å²) in [5.41, 5.74) is 2.64. The Morgan fingerprint density at radius 3 is 1.39 bits per heavy atom. The van der Waals surface area contributed by atoms with E-state index in [1.165, 1.54) is 96.3 Å². The highest BCUT2D eigenvalue weighted by atomic mass is 16.5. The van der Waals surface area contributed by atoms with Gasteiger partial charge in [-0.2, -0.15) is 0 Å². The van der Waals surface area contributed by atoms with Crippen LogP contribution in [0.5, 0.6) is 0 Å². The second-order valence-corrected chi connectivity index (χ2v) is 8.17. The van der Waals surface area contributed by atoms with Crippen LogP contribution in [0, 0.1) is 5.41 Å². The Bertz CT molecular complexity index is 228. The molecule has 2 heteroatoms. The van der Waals surface area contributed by atoms with Crippen molar-refractivity contribution in [2.45, 2.75) is 124 Å². The number of hydrogen-bond acceptors (Lipinski definition) is 2. The van der Waals surface area contributed by atoms with E-state index in [1.54, 1.807) is 0 Å². The molecule has 0 heterocycles. The molecule has 0 unspecified atom stereocenters.